The van der Waals surface area contributed by atoms with Gasteiger partial charge in [0.2, 0.25) is 0 Å². The van der Waals surface area contributed by atoms with Crippen LogP contribution in [-0.2, 0) is 13.1 Å². The molecule has 0 heterocycles. The van der Waals surface area contributed by atoms with Crippen LogP contribution in [0, 0.1) is 0 Å². The number of benzene rings is 2. The first-order chi connectivity index (χ1) is 11.6. The fourth-order valence-electron chi connectivity index (χ4n) is 3.46. The quantitative estimate of drug-likeness (QED) is 0.785. The molecule has 0 saturated heterocycles. The number of aliphatic hydroxyl groups is 3. The average Bonchev–Trinajstić information content (AvgIpc) is 2.61. The van der Waals surface area contributed by atoms with E-state index in [0.29, 0.717) is 25.9 Å². The molecule has 1 aliphatic rings. The van der Waals surface area contributed by atoms with Crippen LogP contribution in [0.1, 0.15) is 24.0 Å². The van der Waals surface area contributed by atoms with Crippen LogP contribution in [0.5, 0.6) is 0 Å². The van der Waals surface area contributed by atoms with Gasteiger partial charge in [-0.05, 0) is 24.0 Å². The maximum absolute atomic E-state index is 10.5. The molecule has 2 aromatic carbocycles. The summed E-state index contributed by atoms with van der Waals surface area (Å²) in [5, 5.41) is 30.4. The summed E-state index contributed by atoms with van der Waals surface area (Å²) < 4.78 is 0. The summed E-state index contributed by atoms with van der Waals surface area (Å²) in [5.41, 5.74) is 2.34. The van der Waals surface area contributed by atoms with Crippen LogP contribution in [0.2, 0.25) is 0 Å². The van der Waals surface area contributed by atoms with E-state index < -0.39 is 18.3 Å². The largest absolute Gasteiger partial charge is 0.390 e. The van der Waals surface area contributed by atoms with Crippen LogP contribution in [0.25, 0.3) is 0 Å². The van der Waals surface area contributed by atoms with Crippen molar-refractivity contribution >= 4 is 0 Å². The maximum atomic E-state index is 10.5. The Hall–Kier alpha value is -1.72. The van der Waals surface area contributed by atoms with Crippen LogP contribution < -0.4 is 0 Å². The van der Waals surface area contributed by atoms with E-state index >= 15 is 0 Å². The lowest BCUT2D eigenvalue weighted by molar-refractivity contribution is -0.123. The molecule has 4 nitrogen and oxygen atoms in total. The fourth-order valence-corrected chi connectivity index (χ4v) is 3.46. The summed E-state index contributed by atoms with van der Waals surface area (Å²) in [4.78, 5) is 2.20. The van der Waals surface area contributed by atoms with Gasteiger partial charge in [-0.2, -0.15) is 0 Å². The molecular formula is C20H25NO3. The molecule has 0 bridgehead atoms. The first-order valence-corrected chi connectivity index (χ1v) is 8.51. The Bertz CT molecular complexity index is 578. The minimum atomic E-state index is -1.09. The van der Waals surface area contributed by atoms with Crippen molar-refractivity contribution in [2.75, 3.05) is 0 Å². The Kier molecular flexibility index (Phi) is 5.63. The summed E-state index contributed by atoms with van der Waals surface area (Å²) in [6.07, 6.45) is -1.70. The molecule has 0 amide bonds. The second kappa shape index (κ2) is 7.90. The number of hydrogen-bond acceptors (Lipinski definition) is 4. The molecule has 4 heteroatoms. The van der Waals surface area contributed by atoms with E-state index in [1.807, 2.05) is 36.4 Å². The van der Waals surface area contributed by atoms with E-state index in [1.165, 1.54) is 11.1 Å². The topological polar surface area (TPSA) is 63.9 Å². The van der Waals surface area contributed by atoms with Gasteiger partial charge in [0.1, 0.15) is 6.10 Å². The van der Waals surface area contributed by atoms with Crippen molar-refractivity contribution in [2.24, 2.45) is 0 Å². The van der Waals surface area contributed by atoms with Crippen molar-refractivity contribution in [1.82, 2.24) is 4.90 Å². The molecule has 1 fully saturated rings. The van der Waals surface area contributed by atoms with Crippen molar-refractivity contribution in [2.45, 2.75) is 50.3 Å². The van der Waals surface area contributed by atoms with Gasteiger partial charge in [0.15, 0.2) is 0 Å². The molecule has 3 rings (SSSR count). The highest BCUT2D eigenvalue weighted by Crippen LogP contribution is 2.27. The highest BCUT2D eigenvalue weighted by Gasteiger charge is 2.39. The molecule has 0 radical (unpaired) electrons. The van der Waals surface area contributed by atoms with E-state index in [4.69, 9.17) is 0 Å². The molecule has 3 N–H and O–H groups in total. The van der Waals surface area contributed by atoms with Gasteiger partial charge in [0.25, 0.3) is 0 Å². The van der Waals surface area contributed by atoms with Crippen molar-refractivity contribution in [3.8, 4) is 0 Å². The molecule has 4 atom stereocenters. The predicted octanol–water partition coefficient (Wildman–Crippen LogP) is 1.93. The van der Waals surface area contributed by atoms with E-state index in [-0.39, 0.29) is 6.04 Å². The zero-order valence-corrected chi connectivity index (χ0v) is 13.7. The van der Waals surface area contributed by atoms with E-state index in [0.717, 1.165) is 0 Å². The summed E-state index contributed by atoms with van der Waals surface area (Å²) in [6, 6.07) is 20.1. The predicted molar refractivity (Wildman–Crippen MR) is 93.2 cm³/mol. The van der Waals surface area contributed by atoms with Gasteiger partial charge >= 0.3 is 0 Å². The number of rotatable bonds is 5. The second-order valence-corrected chi connectivity index (χ2v) is 6.57. The van der Waals surface area contributed by atoms with E-state index in [9.17, 15) is 15.3 Å². The third-order valence-corrected chi connectivity index (χ3v) is 4.82. The van der Waals surface area contributed by atoms with Gasteiger partial charge in [0, 0.05) is 19.1 Å². The normalized spacial score (nSPS) is 27.3. The van der Waals surface area contributed by atoms with Gasteiger partial charge < -0.3 is 15.3 Å². The Morgan fingerprint density at radius 3 is 1.71 bits per heavy atom. The highest BCUT2D eigenvalue weighted by molar-refractivity contribution is 5.17. The summed E-state index contributed by atoms with van der Waals surface area (Å²) >= 11 is 0. The third-order valence-electron chi connectivity index (χ3n) is 4.82. The second-order valence-electron chi connectivity index (χ2n) is 6.57. The Balaban J connectivity index is 1.81. The molecule has 2 aromatic rings. The van der Waals surface area contributed by atoms with Gasteiger partial charge in [-0.25, -0.2) is 0 Å². The zero-order chi connectivity index (χ0) is 16.9. The van der Waals surface area contributed by atoms with Crippen molar-refractivity contribution < 1.29 is 15.3 Å². The van der Waals surface area contributed by atoms with Gasteiger partial charge in [-0.15, -0.1) is 0 Å². The smallest absolute Gasteiger partial charge is 0.107 e. The molecule has 0 spiro atoms. The molecule has 24 heavy (non-hydrogen) atoms. The Labute approximate surface area is 143 Å². The van der Waals surface area contributed by atoms with Crippen LogP contribution in [-0.4, -0.2) is 44.6 Å². The molecular weight excluding hydrogens is 302 g/mol. The van der Waals surface area contributed by atoms with Crippen LogP contribution in [0.4, 0.5) is 0 Å². The van der Waals surface area contributed by atoms with E-state index in [1.54, 1.807) is 0 Å². The van der Waals surface area contributed by atoms with Crippen LogP contribution in [0.3, 0.4) is 0 Å². The molecule has 1 aliphatic carbocycles. The average molecular weight is 327 g/mol. The van der Waals surface area contributed by atoms with Crippen LogP contribution in [0.15, 0.2) is 60.7 Å². The number of aliphatic hydroxyl groups excluding tert-OH is 3. The summed E-state index contributed by atoms with van der Waals surface area (Å²) in [6.45, 7) is 1.39. The summed E-state index contributed by atoms with van der Waals surface area (Å²) in [7, 11) is 0. The fraction of sp³-hybridized carbons (Fsp3) is 0.400. The SMILES string of the molecule is O[C@@H]1[C@@H](O)[C@H](N(Cc2ccccc2)Cc2ccccc2)CC[C@H]1O. The lowest BCUT2D eigenvalue weighted by Gasteiger charge is -2.41. The van der Waals surface area contributed by atoms with Crippen molar-refractivity contribution in [3.05, 3.63) is 71.8 Å². The van der Waals surface area contributed by atoms with Gasteiger partial charge in [0.05, 0.1) is 12.2 Å². The molecule has 0 aliphatic heterocycles. The van der Waals surface area contributed by atoms with Crippen molar-refractivity contribution in [1.29, 1.82) is 0 Å². The Morgan fingerprint density at radius 1 is 0.708 bits per heavy atom. The minimum Gasteiger partial charge on any atom is -0.390 e. The standard InChI is InChI=1S/C20H25NO3/c22-18-12-11-17(19(23)20(18)24)21(13-15-7-3-1-4-8-15)14-16-9-5-2-6-10-16/h1-10,17-20,22-24H,11-14H2/t17-,18-,19+,20+/m1/s1. The highest BCUT2D eigenvalue weighted by atomic mass is 16.4. The van der Waals surface area contributed by atoms with Gasteiger partial charge in [-0.1, -0.05) is 60.7 Å². The maximum Gasteiger partial charge on any atom is 0.107 e. The minimum absolute atomic E-state index is 0.177. The number of hydrogen-bond donors (Lipinski definition) is 3. The first kappa shape index (κ1) is 17.1. The first-order valence-electron chi connectivity index (χ1n) is 8.51. The molecule has 0 aromatic heterocycles. The third kappa shape index (κ3) is 4.02. The molecule has 128 valence electrons. The summed E-state index contributed by atoms with van der Waals surface area (Å²) in [5.74, 6) is 0. The van der Waals surface area contributed by atoms with Crippen LogP contribution >= 0.6 is 0 Å². The van der Waals surface area contributed by atoms with Crippen molar-refractivity contribution in [3.63, 3.8) is 0 Å². The van der Waals surface area contributed by atoms with E-state index in [2.05, 4.69) is 29.2 Å². The lowest BCUT2D eigenvalue weighted by atomic mass is 9.86. The zero-order valence-electron chi connectivity index (χ0n) is 13.7. The Morgan fingerprint density at radius 2 is 1.21 bits per heavy atom. The lowest BCUT2D eigenvalue weighted by Crippen LogP contribution is -2.55. The monoisotopic (exact) mass is 327 g/mol. The van der Waals surface area contributed by atoms with Gasteiger partial charge in [-0.3, -0.25) is 4.90 Å². The number of nitrogens with zero attached hydrogens (tertiary/aromatic N) is 1. The molecule has 0 unspecified atom stereocenters. The molecule has 1 saturated carbocycles.